The zero-order chi connectivity index (χ0) is 25.9. The normalized spacial score (nSPS) is 27.7. The van der Waals surface area contributed by atoms with Crippen molar-refractivity contribution in [2.24, 2.45) is 11.8 Å². The van der Waals surface area contributed by atoms with Crippen LogP contribution in [0.25, 0.3) is 10.9 Å². The molecule has 3 fully saturated rings. The van der Waals surface area contributed by atoms with E-state index in [4.69, 9.17) is 14.7 Å². The first-order valence-electron chi connectivity index (χ1n) is 14.5. The van der Waals surface area contributed by atoms with Gasteiger partial charge in [-0.2, -0.15) is 0 Å². The molecule has 1 saturated carbocycles. The van der Waals surface area contributed by atoms with E-state index in [0.29, 0.717) is 0 Å². The number of piperidine rings is 1. The van der Waals surface area contributed by atoms with Crippen molar-refractivity contribution in [1.29, 1.82) is 0 Å². The Morgan fingerprint density at radius 1 is 0.947 bits per heavy atom. The van der Waals surface area contributed by atoms with Gasteiger partial charge in [0.1, 0.15) is 11.6 Å². The number of ether oxygens (including phenoxy) is 1. The van der Waals surface area contributed by atoms with Crippen LogP contribution in [0.3, 0.4) is 0 Å². The number of benzene rings is 1. The second-order valence-corrected chi connectivity index (χ2v) is 12.4. The van der Waals surface area contributed by atoms with Gasteiger partial charge in [-0.25, -0.2) is 14.3 Å². The number of para-hydroxylation sites is 1. The van der Waals surface area contributed by atoms with Crippen molar-refractivity contribution in [2.45, 2.75) is 51.2 Å². The lowest BCUT2D eigenvalue weighted by atomic mass is 9.75. The number of rotatable bonds is 6. The van der Waals surface area contributed by atoms with Crippen molar-refractivity contribution in [2.75, 3.05) is 51.3 Å². The van der Waals surface area contributed by atoms with E-state index in [1.54, 1.807) is 7.11 Å². The van der Waals surface area contributed by atoms with E-state index >= 15 is 0 Å². The summed E-state index contributed by atoms with van der Waals surface area (Å²) in [6.07, 6.45) is 17.6. The minimum Gasteiger partial charge on any atom is -0.373 e. The molecule has 0 N–H and O–H groups in total. The highest BCUT2D eigenvalue weighted by Crippen LogP contribution is 2.39. The van der Waals surface area contributed by atoms with Gasteiger partial charge in [-0.3, -0.25) is 4.90 Å². The highest BCUT2D eigenvalue weighted by atomic mass is 32.2. The number of fused-ring (bicyclic) bond motifs is 2. The number of nitrogens with zero attached hydrogens (tertiary/aromatic N) is 5. The molecule has 2 aliphatic heterocycles. The molecule has 202 valence electrons. The molecule has 3 heterocycles. The smallest absolute Gasteiger partial charge is 0.148 e. The van der Waals surface area contributed by atoms with E-state index in [1.807, 2.05) is 11.9 Å². The van der Waals surface area contributed by atoms with Gasteiger partial charge in [-0.1, -0.05) is 49.6 Å². The number of methoxy groups -OCH3 is 1. The molecular weight excluding hydrogens is 490 g/mol. The van der Waals surface area contributed by atoms with Crippen molar-refractivity contribution in [1.82, 2.24) is 19.2 Å². The molecule has 1 aromatic carbocycles. The first-order chi connectivity index (χ1) is 18.7. The molecule has 6 nitrogen and oxygen atoms in total. The first-order valence-corrected chi connectivity index (χ1v) is 15.2. The topological polar surface area (TPSA) is 44.7 Å². The molecule has 0 spiro atoms. The van der Waals surface area contributed by atoms with E-state index in [1.165, 1.54) is 42.4 Å². The highest BCUT2D eigenvalue weighted by molar-refractivity contribution is 8.01. The third-order valence-electron chi connectivity index (χ3n) is 8.90. The lowest BCUT2D eigenvalue weighted by molar-refractivity contribution is 0.147. The maximum Gasteiger partial charge on any atom is 0.148 e. The van der Waals surface area contributed by atoms with Gasteiger partial charge in [0, 0.05) is 56.7 Å². The van der Waals surface area contributed by atoms with Gasteiger partial charge in [-0.15, -0.1) is 0 Å². The zero-order valence-electron chi connectivity index (χ0n) is 22.8. The van der Waals surface area contributed by atoms with Crippen molar-refractivity contribution in [3.05, 3.63) is 65.4 Å². The molecule has 4 atom stereocenters. The van der Waals surface area contributed by atoms with Crippen LogP contribution >= 0.6 is 11.9 Å². The Morgan fingerprint density at radius 2 is 1.76 bits per heavy atom. The molecule has 6 rings (SSSR count). The second-order valence-electron chi connectivity index (χ2n) is 11.2. The second kappa shape index (κ2) is 11.9. The minimum atomic E-state index is 0.0583. The third kappa shape index (κ3) is 5.71. The molecule has 0 bridgehead atoms. The highest BCUT2D eigenvalue weighted by Gasteiger charge is 2.33. The van der Waals surface area contributed by atoms with Gasteiger partial charge >= 0.3 is 0 Å². The number of aromatic nitrogens is 2. The fraction of sp³-hybridized carbons (Fsp3) is 0.548. The van der Waals surface area contributed by atoms with Crippen LogP contribution in [-0.4, -0.2) is 71.7 Å². The quantitative estimate of drug-likeness (QED) is 0.424. The van der Waals surface area contributed by atoms with Crippen molar-refractivity contribution >= 4 is 28.7 Å². The minimum absolute atomic E-state index is 0.0583. The van der Waals surface area contributed by atoms with Crippen LogP contribution in [0.2, 0.25) is 0 Å². The Kier molecular flexibility index (Phi) is 8.16. The largest absolute Gasteiger partial charge is 0.373 e. The van der Waals surface area contributed by atoms with E-state index in [0.717, 1.165) is 68.3 Å². The van der Waals surface area contributed by atoms with Gasteiger partial charge in [-0.05, 0) is 67.8 Å². The lowest BCUT2D eigenvalue weighted by Gasteiger charge is -2.42. The number of hydrogen-bond acceptors (Lipinski definition) is 7. The molecule has 2 aromatic rings. The van der Waals surface area contributed by atoms with Crippen LogP contribution in [0.15, 0.2) is 59.6 Å². The van der Waals surface area contributed by atoms with Crippen LogP contribution in [-0.2, 0) is 4.74 Å². The Bertz CT molecular complexity index is 1200. The van der Waals surface area contributed by atoms with Gasteiger partial charge in [0.2, 0.25) is 0 Å². The molecule has 4 aliphatic rings. The standard InChI is InChI=1S/C31H41N5OS/c1-23(34-18-20-36(21-19-34)38-27-11-7-10-26(37-2)14-15-27)30-32-29-13-6-5-12-28(29)31(33-30)35-17-16-24-8-3-4-9-25(24)22-35/h5-7,10-15,23-26H,3-4,8-9,16-22H2,1-2H3. The molecule has 0 radical (unpaired) electrons. The Morgan fingerprint density at radius 3 is 2.61 bits per heavy atom. The van der Waals surface area contributed by atoms with Gasteiger partial charge < -0.3 is 9.64 Å². The summed E-state index contributed by atoms with van der Waals surface area (Å²) >= 11 is 1.85. The Balaban J connectivity index is 1.15. The van der Waals surface area contributed by atoms with E-state index < -0.39 is 0 Å². The molecule has 0 amide bonds. The van der Waals surface area contributed by atoms with E-state index in [9.17, 15) is 0 Å². The number of allylic oxidation sites excluding steroid dienone is 3. The zero-order valence-corrected chi connectivity index (χ0v) is 23.7. The summed E-state index contributed by atoms with van der Waals surface area (Å²) in [4.78, 5) is 16.8. The van der Waals surface area contributed by atoms with Crippen LogP contribution in [0, 0.1) is 11.8 Å². The average Bonchev–Trinajstić information content (AvgIpc) is 3.21. The molecule has 2 saturated heterocycles. The fourth-order valence-electron chi connectivity index (χ4n) is 6.58. The summed E-state index contributed by atoms with van der Waals surface area (Å²) in [5, 5.41) is 1.20. The molecule has 2 aliphatic carbocycles. The van der Waals surface area contributed by atoms with E-state index in [-0.39, 0.29) is 12.1 Å². The molecule has 38 heavy (non-hydrogen) atoms. The van der Waals surface area contributed by atoms with Crippen LogP contribution in [0.5, 0.6) is 0 Å². The summed E-state index contributed by atoms with van der Waals surface area (Å²) in [6, 6.07) is 8.81. The maximum absolute atomic E-state index is 5.44. The molecule has 7 heteroatoms. The fourth-order valence-corrected chi connectivity index (χ4v) is 7.50. The summed E-state index contributed by atoms with van der Waals surface area (Å²) in [5.41, 5.74) is 1.08. The number of piperazine rings is 1. The van der Waals surface area contributed by atoms with Gasteiger partial charge in [0.25, 0.3) is 0 Å². The average molecular weight is 532 g/mol. The van der Waals surface area contributed by atoms with Crippen molar-refractivity contribution in [3.8, 4) is 0 Å². The molecule has 4 unspecified atom stereocenters. The monoisotopic (exact) mass is 531 g/mol. The summed E-state index contributed by atoms with van der Waals surface area (Å²) < 4.78 is 7.91. The predicted molar refractivity (Wildman–Crippen MR) is 158 cm³/mol. The lowest BCUT2D eigenvalue weighted by Crippen LogP contribution is -2.45. The number of anilines is 1. The molecule has 1 aromatic heterocycles. The Hall–Kier alpha value is -2.19. The van der Waals surface area contributed by atoms with Crippen LogP contribution in [0.1, 0.15) is 50.9 Å². The summed E-state index contributed by atoms with van der Waals surface area (Å²) in [7, 11) is 1.75. The summed E-state index contributed by atoms with van der Waals surface area (Å²) in [6.45, 7) is 8.63. The SMILES string of the molecule is COC1C=CC=C(SN2CCN(C(C)c3nc(N4CCC5CCCCC5C4)c4ccccc4n3)CC2)C=C1. The number of hydrogen-bond donors (Lipinski definition) is 0. The van der Waals surface area contributed by atoms with Crippen LogP contribution in [0.4, 0.5) is 5.82 Å². The van der Waals surface area contributed by atoms with Crippen molar-refractivity contribution in [3.63, 3.8) is 0 Å². The van der Waals surface area contributed by atoms with Crippen molar-refractivity contribution < 1.29 is 4.74 Å². The van der Waals surface area contributed by atoms with Gasteiger partial charge in [0.05, 0.1) is 17.7 Å². The summed E-state index contributed by atoms with van der Waals surface area (Å²) in [5.74, 6) is 3.87. The first kappa shape index (κ1) is 26.1. The third-order valence-corrected chi connectivity index (χ3v) is 10.0. The predicted octanol–water partition coefficient (Wildman–Crippen LogP) is 6.00. The van der Waals surface area contributed by atoms with Crippen LogP contribution < -0.4 is 4.90 Å². The Labute approximate surface area is 232 Å². The van der Waals surface area contributed by atoms with E-state index in [2.05, 4.69) is 75.7 Å². The molecular formula is C31H41N5OS. The maximum atomic E-state index is 5.44. The van der Waals surface area contributed by atoms with Gasteiger partial charge in [0.15, 0.2) is 0 Å².